The maximum Gasteiger partial charge on any atom is 0.114 e. The van der Waals surface area contributed by atoms with E-state index in [4.69, 9.17) is 0 Å². The molecule has 0 aromatic carbocycles. The Morgan fingerprint density at radius 3 is 3.00 bits per heavy atom. The van der Waals surface area contributed by atoms with Gasteiger partial charge in [-0.05, 0) is 43.8 Å². The van der Waals surface area contributed by atoms with Crippen LogP contribution in [0.5, 0.6) is 0 Å². The van der Waals surface area contributed by atoms with Crippen LogP contribution in [0.1, 0.15) is 39.0 Å². The molecule has 1 nitrogen and oxygen atoms in total. The Bertz CT molecular complexity index is 177. The van der Waals surface area contributed by atoms with Gasteiger partial charge in [0.15, 0.2) is 0 Å². The summed E-state index contributed by atoms with van der Waals surface area (Å²) in [6.45, 7) is 2.04. The van der Waals surface area contributed by atoms with Gasteiger partial charge in [-0.1, -0.05) is 13.0 Å². The Labute approximate surface area is 68.4 Å². The molecule has 0 fully saturated rings. The van der Waals surface area contributed by atoms with E-state index in [9.17, 15) is 5.11 Å². The predicted octanol–water partition coefficient (Wildman–Crippen LogP) is 3.34. The van der Waals surface area contributed by atoms with Crippen LogP contribution in [0.15, 0.2) is 23.5 Å². The molecule has 11 heavy (non-hydrogen) atoms. The summed E-state index contributed by atoms with van der Waals surface area (Å²) in [5.41, 5.74) is 1.15. The summed E-state index contributed by atoms with van der Waals surface area (Å²) in [4.78, 5) is 0. The van der Waals surface area contributed by atoms with Crippen molar-refractivity contribution in [1.29, 1.82) is 0 Å². The van der Waals surface area contributed by atoms with Gasteiger partial charge in [0.25, 0.3) is 0 Å². The molecule has 62 valence electrons. The van der Waals surface area contributed by atoms with E-state index < -0.39 is 0 Å². The van der Waals surface area contributed by atoms with Gasteiger partial charge in [-0.25, -0.2) is 0 Å². The van der Waals surface area contributed by atoms with Gasteiger partial charge in [-0.3, -0.25) is 0 Å². The number of rotatable bonds is 2. The van der Waals surface area contributed by atoms with Gasteiger partial charge < -0.3 is 5.11 Å². The summed E-state index contributed by atoms with van der Waals surface area (Å²) in [6, 6.07) is 0. The molecule has 1 heteroatoms. The zero-order valence-electron chi connectivity index (χ0n) is 7.14. The van der Waals surface area contributed by atoms with Gasteiger partial charge in [0, 0.05) is 0 Å². The monoisotopic (exact) mass is 152 g/mol. The second-order valence-electron chi connectivity index (χ2n) is 2.97. The van der Waals surface area contributed by atoms with Crippen LogP contribution in [0, 0.1) is 0 Å². The summed E-state index contributed by atoms with van der Waals surface area (Å²) in [5.74, 6) is 0.507. The van der Waals surface area contributed by atoms with Crippen molar-refractivity contribution < 1.29 is 5.11 Å². The van der Waals surface area contributed by atoms with Gasteiger partial charge in [-0.15, -0.1) is 0 Å². The fourth-order valence-corrected chi connectivity index (χ4v) is 1.40. The third-order valence-corrected chi connectivity index (χ3v) is 2.02. The Balaban J connectivity index is 2.58. The van der Waals surface area contributed by atoms with Crippen LogP contribution >= 0.6 is 0 Å². The lowest BCUT2D eigenvalue weighted by Gasteiger charge is -2.11. The minimum absolute atomic E-state index is 0.507. The molecule has 0 amide bonds. The summed E-state index contributed by atoms with van der Waals surface area (Å²) in [6.07, 6.45) is 9.67. The maximum absolute atomic E-state index is 9.47. The average Bonchev–Trinajstić information content (AvgIpc) is 2.07. The Kier molecular flexibility index (Phi) is 3.21. The van der Waals surface area contributed by atoms with E-state index in [1.807, 2.05) is 13.0 Å². The standard InChI is InChI=1S/C10H16O/c1-2-6-10(11)9-7-4-3-5-8-9/h6-7,11H,2-5,8H2,1H3. The van der Waals surface area contributed by atoms with Gasteiger partial charge >= 0.3 is 0 Å². The molecular weight excluding hydrogens is 136 g/mol. The van der Waals surface area contributed by atoms with Crippen molar-refractivity contribution in [2.45, 2.75) is 39.0 Å². The first-order valence-corrected chi connectivity index (χ1v) is 4.43. The minimum Gasteiger partial charge on any atom is -0.508 e. The van der Waals surface area contributed by atoms with Gasteiger partial charge in [0.2, 0.25) is 0 Å². The van der Waals surface area contributed by atoms with E-state index >= 15 is 0 Å². The van der Waals surface area contributed by atoms with Crippen LogP contribution in [0.4, 0.5) is 0 Å². The average molecular weight is 152 g/mol. The summed E-state index contributed by atoms with van der Waals surface area (Å²) in [7, 11) is 0. The quantitative estimate of drug-likeness (QED) is 0.602. The zero-order chi connectivity index (χ0) is 8.10. The molecule has 0 aromatic rings. The lowest BCUT2D eigenvalue weighted by atomic mass is 9.98. The molecule has 1 N–H and O–H groups in total. The topological polar surface area (TPSA) is 20.2 Å². The molecule has 1 rings (SSSR count). The van der Waals surface area contributed by atoms with Crippen molar-refractivity contribution in [3.8, 4) is 0 Å². The van der Waals surface area contributed by atoms with Crippen molar-refractivity contribution in [2.75, 3.05) is 0 Å². The van der Waals surface area contributed by atoms with Crippen molar-refractivity contribution in [3.63, 3.8) is 0 Å². The highest BCUT2D eigenvalue weighted by atomic mass is 16.3. The summed E-state index contributed by atoms with van der Waals surface area (Å²) >= 11 is 0. The fraction of sp³-hybridized carbons (Fsp3) is 0.600. The van der Waals surface area contributed by atoms with Crippen LogP contribution in [0.2, 0.25) is 0 Å². The van der Waals surface area contributed by atoms with E-state index in [0.717, 1.165) is 24.8 Å². The third kappa shape index (κ3) is 2.41. The number of allylic oxidation sites excluding steroid dienone is 3. The first kappa shape index (κ1) is 8.38. The van der Waals surface area contributed by atoms with Crippen molar-refractivity contribution in [2.24, 2.45) is 0 Å². The predicted molar refractivity (Wildman–Crippen MR) is 47.6 cm³/mol. The molecular formula is C10H16O. The second-order valence-corrected chi connectivity index (χ2v) is 2.97. The SMILES string of the molecule is CCC=C(O)C1=CCCCC1. The van der Waals surface area contributed by atoms with E-state index in [0.29, 0.717) is 5.76 Å². The molecule has 0 heterocycles. The van der Waals surface area contributed by atoms with Gasteiger partial charge in [0.1, 0.15) is 5.76 Å². The molecule has 0 atom stereocenters. The van der Waals surface area contributed by atoms with Crippen LogP contribution in [0.25, 0.3) is 0 Å². The van der Waals surface area contributed by atoms with Crippen LogP contribution in [-0.4, -0.2) is 5.11 Å². The van der Waals surface area contributed by atoms with E-state index in [-0.39, 0.29) is 0 Å². The van der Waals surface area contributed by atoms with Crippen molar-refractivity contribution >= 4 is 0 Å². The number of hydrogen-bond donors (Lipinski definition) is 1. The molecule has 0 spiro atoms. The molecule has 0 unspecified atom stereocenters. The first-order chi connectivity index (χ1) is 5.34. The van der Waals surface area contributed by atoms with Crippen LogP contribution in [-0.2, 0) is 0 Å². The van der Waals surface area contributed by atoms with Gasteiger partial charge in [0.05, 0.1) is 0 Å². The van der Waals surface area contributed by atoms with E-state index in [2.05, 4.69) is 6.08 Å². The minimum atomic E-state index is 0.507. The lowest BCUT2D eigenvalue weighted by Crippen LogP contribution is -1.94. The lowest BCUT2D eigenvalue weighted by molar-refractivity contribution is 0.411. The maximum atomic E-state index is 9.47. The number of aliphatic hydroxyl groups is 1. The molecule has 0 radical (unpaired) electrons. The summed E-state index contributed by atoms with van der Waals surface area (Å²) in [5, 5.41) is 9.47. The van der Waals surface area contributed by atoms with E-state index in [1.54, 1.807) is 0 Å². The molecule has 0 saturated carbocycles. The molecule has 0 aliphatic heterocycles. The van der Waals surface area contributed by atoms with Crippen molar-refractivity contribution in [3.05, 3.63) is 23.5 Å². The number of aliphatic hydroxyl groups excluding tert-OH is 1. The number of hydrogen-bond acceptors (Lipinski definition) is 1. The van der Waals surface area contributed by atoms with Crippen LogP contribution in [0.3, 0.4) is 0 Å². The Morgan fingerprint density at radius 1 is 1.64 bits per heavy atom. The second kappa shape index (κ2) is 4.22. The summed E-state index contributed by atoms with van der Waals surface area (Å²) < 4.78 is 0. The van der Waals surface area contributed by atoms with Crippen molar-refractivity contribution in [1.82, 2.24) is 0 Å². The molecule has 1 aliphatic carbocycles. The molecule has 0 aromatic heterocycles. The molecule has 1 aliphatic rings. The highest BCUT2D eigenvalue weighted by molar-refractivity contribution is 5.25. The normalized spacial score (nSPS) is 19.7. The third-order valence-electron chi connectivity index (χ3n) is 2.02. The first-order valence-electron chi connectivity index (χ1n) is 4.43. The highest BCUT2D eigenvalue weighted by Gasteiger charge is 2.05. The molecule has 0 bridgehead atoms. The Morgan fingerprint density at radius 2 is 2.45 bits per heavy atom. The zero-order valence-corrected chi connectivity index (χ0v) is 7.14. The smallest absolute Gasteiger partial charge is 0.114 e. The fourth-order valence-electron chi connectivity index (χ4n) is 1.40. The largest absolute Gasteiger partial charge is 0.508 e. The Hall–Kier alpha value is -0.720. The highest BCUT2D eigenvalue weighted by Crippen LogP contribution is 2.22. The van der Waals surface area contributed by atoms with E-state index in [1.165, 1.54) is 12.8 Å². The van der Waals surface area contributed by atoms with Gasteiger partial charge in [-0.2, -0.15) is 0 Å². The molecule has 0 saturated heterocycles. The van der Waals surface area contributed by atoms with Crippen LogP contribution < -0.4 is 0 Å².